The lowest BCUT2D eigenvalue weighted by atomic mass is 9.85. The zero-order valence-electron chi connectivity index (χ0n) is 16.9. The Morgan fingerprint density at radius 3 is 2.87 bits per heavy atom. The van der Waals surface area contributed by atoms with Crippen LogP contribution < -0.4 is 10.1 Å². The first-order valence-corrected chi connectivity index (χ1v) is 10.4. The van der Waals surface area contributed by atoms with Crippen LogP contribution in [-0.4, -0.2) is 59.9 Å². The van der Waals surface area contributed by atoms with E-state index in [-0.39, 0.29) is 23.8 Å². The highest BCUT2D eigenvalue weighted by Crippen LogP contribution is 2.41. The number of nitrogens with one attached hydrogen (secondary N) is 1. The molecular formula is C22H25ClN4O3. The minimum Gasteiger partial charge on any atom is -0.495 e. The zero-order chi connectivity index (χ0) is 21.1. The molecule has 30 heavy (non-hydrogen) atoms. The number of methoxy groups -OCH3 is 1. The summed E-state index contributed by atoms with van der Waals surface area (Å²) in [6, 6.07) is 10.9. The lowest BCUT2D eigenvalue weighted by molar-refractivity contribution is -0.136. The summed E-state index contributed by atoms with van der Waals surface area (Å²) in [5.74, 6) is 0.574. The second-order valence-corrected chi connectivity index (χ2v) is 8.34. The van der Waals surface area contributed by atoms with Crippen molar-refractivity contribution < 1.29 is 14.3 Å². The van der Waals surface area contributed by atoms with Crippen LogP contribution in [0, 0.1) is 5.41 Å². The third-order valence-electron chi connectivity index (χ3n) is 5.92. The zero-order valence-corrected chi connectivity index (χ0v) is 17.7. The molecule has 0 aliphatic carbocycles. The molecule has 3 heterocycles. The van der Waals surface area contributed by atoms with Gasteiger partial charge in [0, 0.05) is 31.0 Å². The standard InChI is InChI=1S/C22H25ClN4O3/c1-30-19-12-16(5-6-18(19)23)25-20(28)14-26-10-7-22(15-26)8-11-27(21(22)29)13-17-4-2-3-9-24-17/h2-6,9,12H,7-8,10-11,13-15H2,1H3,(H,25,28). The first-order valence-electron chi connectivity index (χ1n) is 10.0. The molecule has 2 aliphatic rings. The smallest absolute Gasteiger partial charge is 0.238 e. The van der Waals surface area contributed by atoms with E-state index in [4.69, 9.17) is 16.3 Å². The predicted octanol–water partition coefficient (Wildman–Crippen LogP) is 2.81. The van der Waals surface area contributed by atoms with E-state index in [1.807, 2.05) is 23.1 Å². The first-order chi connectivity index (χ1) is 14.5. The number of rotatable bonds is 6. The third-order valence-corrected chi connectivity index (χ3v) is 6.23. The van der Waals surface area contributed by atoms with Gasteiger partial charge < -0.3 is 15.0 Å². The highest BCUT2D eigenvalue weighted by molar-refractivity contribution is 6.32. The van der Waals surface area contributed by atoms with Crippen molar-refractivity contribution in [2.75, 3.05) is 38.6 Å². The normalized spacial score (nSPS) is 21.4. The Hall–Kier alpha value is -2.64. The number of hydrogen-bond donors (Lipinski definition) is 1. The minimum atomic E-state index is -0.376. The van der Waals surface area contributed by atoms with Gasteiger partial charge in [-0.3, -0.25) is 19.5 Å². The lowest BCUT2D eigenvalue weighted by Crippen LogP contribution is -2.38. The van der Waals surface area contributed by atoms with Gasteiger partial charge in [0.1, 0.15) is 5.75 Å². The van der Waals surface area contributed by atoms with Crippen LogP contribution in [0.5, 0.6) is 5.75 Å². The van der Waals surface area contributed by atoms with Crippen molar-refractivity contribution in [3.05, 3.63) is 53.3 Å². The van der Waals surface area contributed by atoms with Gasteiger partial charge >= 0.3 is 0 Å². The minimum absolute atomic E-state index is 0.118. The van der Waals surface area contributed by atoms with E-state index in [1.165, 1.54) is 7.11 Å². The van der Waals surface area contributed by atoms with Crippen molar-refractivity contribution in [3.63, 3.8) is 0 Å². The van der Waals surface area contributed by atoms with Crippen molar-refractivity contribution in [2.24, 2.45) is 5.41 Å². The largest absolute Gasteiger partial charge is 0.495 e. The average Bonchev–Trinajstić information content (AvgIpc) is 3.29. The number of carbonyl (C=O) groups excluding carboxylic acids is 2. The van der Waals surface area contributed by atoms with Gasteiger partial charge in [0.2, 0.25) is 11.8 Å². The topological polar surface area (TPSA) is 74.8 Å². The number of anilines is 1. The Morgan fingerprint density at radius 2 is 2.10 bits per heavy atom. The van der Waals surface area contributed by atoms with Crippen molar-refractivity contribution in [1.29, 1.82) is 0 Å². The number of amides is 2. The fourth-order valence-corrected chi connectivity index (χ4v) is 4.54. The van der Waals surface area contributed by atoms with Crippen molar-refractivity contribution >= 4 is 29.1 Å². The van der Waals surface area contributed by atoms with Gasteiger partial charge in [0.15, 0.2) is 0 Å². The van der Waals surface area contributed by atoms with Crippen molar-refractivity contribution in [2.45, 2.75) is 19.4 Å². The van der Waals surface area contributed by atoms with E-state index < -0.39 is 0 Å². The highest BCUT2D eigenvalue weighted by Gasteiger charge is 2.50. The number of halogens is 1. The number of carbonyl (C=O) groups is 2. The number of benzene rings is 1. The number of hydrogen-bond acceptors (Lipinski definition) is 5. The van der Waals surface area contributed by atoms with Crippen LogP contribution in [0.25, 0.3) is 0 Å². The maximum absolute atomic E-state index is 13.1. The Bertz CT molecular complexity index is 939. The van der Waals surface area contributed by atoms with E-state index in [0.29, 0.717) is 29.5 Å². The molecule has 2 saturated heterocycles. The Morgan fingerprint density at radius 1 is 1.27 bits per heavy atom. The summed E-state index contributed by atoms with van der Waals surface area (Å²) in [5, 5.41) is 3.37. The molecule has 2 fully saturated rings. The van der Waals surface area contributed by atoms with E-state index in [2.05, 4.69) is 15.2 Å². The fourth-order valence-electron chi connectivity index (χ4n) is 4.34. The van der Waals surface area contributed by atoms with E-state index in [1.54, 1.807) is 24.4 Å². The van der Waals surface area contributed by atoms with E-state index >= 15 is 0 Å². The molecule has 2 amide bonds. The van der Waals surface area contributed by atoms with Crippen LogP contribution >= 0.6 is 11.6 Å². The lowest BCUT2D eigenvalue weighted by Gasteiger charge is -2.23. The summed E-state index contributed by atoms with van der Waals surface area (Å²) >= 11 is 6.03. The number of ether oxygens (including phenoxy) is 1. The van der Waals surface area contributed by atoms with Crippen LogP contribution in [0.2, 0.25) is 5.02 Å². The Kier molecular flexibility index (Phi) is 5.92. The van der Waals surface area contributed by atoms with Crippen LogP contribution in [0.3, 0.4) is 0 Å². The van der Waals surface area contributed by atoms with Crippen LogP contribution in [-0.2, 0) is 16.1 Å². The number of aromatic nitrogens is 1. The third kappa shape index (κ3) is 4.27. The number of pyridine rings is 1. The maximum atomic E-state index is 13.1. The average molecular weight is 429 g/mol. The molecule has 0 saturated carbocycles. The number of likely N-dealkylation sites (tertiary alicyclic amines) is 2. The second kappa shape index (κ2) is 8.62. The SMILES string of the molecule is COc1cc(NC(=O)CN2CCC3(CCN(Cc4ccccn4)C3=O)C2)ccc1Cl. The Labute approximate surface area is 181 Å². The summed E-state index contributed by atoms with van der Waals surface area (Å²) in [7, 11) is 1.53. The molecule has 0 bridgehead atoms. The van der Waals surface area contributed by atoms with Gasteiger partial charge in [-0.1, -0.05) is 17.7 Å². The van der Waals surface area contributed by atoms with Gasteiger partial charge in [0.05, 0.1) is 36.3 Å². The Balaban J connectivity index is 1.33. The molecule has 1 aromatic carbocycles. The summed E-state index contributed by atoms with van der Waals surface area (Å²) in [6.07, 6.45) is 3.36. The molecule has 8 heteroatoms. The molecule has 7 nitrogen and oxygen atoms in total. The van der Waals surface area contributed by atoms with Crippen molar-refractivity contribution in [1.82, 2.24) is 14.8 Å². The molecule has 1 unspecified atom stereocenters. The quantitative estimate of drug-likeness (QED) is 0.765. The summed E-state index contributed by atoms with van der Waals surface area (Å²) < 4.78 is 5.19. The van der Waals surface area contributed by atoms with Crippen LogP contribution in [0.15, 0.2) is 42.6 Å². The van der Waals surface area contributed by atoms with Crippen LogP contribution in [0.1, 0.15) is 18.5 Å². The fraction of sp³-hybridized carbons (Fsp3) is 0.409. The van der Waals surface area contributed by atoms with Crippen molar-refractivity contribution in [3.8, 4) is 5.75 Å². The molecule has 4 rings (SSSR count). The predicted molar refractivity (Wildman–Crippen MR) is 114 cm³/mol. The van der Waals surface area contributed by atoms with Gasteiger partial charge in [-0.05, 0) is 43.7 Å². The molecule has 1 N–H and O–H groups in total. The molecular weight excluding hydrogens is 404 g/mol. The molecule has 1 atom stereocenters. The number of nitrogens with zero attached hydrogens (tertiary/aromatic N) is 3. The molecule has 2 aliphatic heterocycles. The summed E-state index contributed by atoms with van der Waals surface area (Å²) in [5.41, 5.74) is 1.16. The highest BCUT2D eigenvalue weighted by atomic mass is 35.5. The maximum Gasteiger partial charge on any atom is 0.238 e. The second-order valence-electron chi connectivity index (χ2n) is 7.94. The van der Waals surface area contributed by atoms with Gasteiger partial charge in [-0.25, -0.2) is 0 Å². The molecule has 1 aromatic heterocycles. The van der Waals surface area contributed by atoms with Gasteiger partial charge in [0.25, 0.3) is 0 Å². The summed E-state index contributed by atoms with van der Waals surface area (Å²) in [4.78, 5) is 33.9. The van der Waals surface area contributed by atoms with Gasteiger partial charge in [-0.2, -0.15) is 0 Å². The van der Waals surface area contributed by atoms with E-state index in [9.17, 15) is 9.59 Å². The first kappa shape index (κ1) is 20.6. The van der Waals surface area contributed by atoms with E-state index in [0.717, 1.165) is 31.6 Å². The molecule has 1 spiro atoms. The molecule has 0 radical (unpaired) electrons. The monoisotopic (exact) mass is 428 g/mol. The molecule has 2 aromatic rings. The molecule has 158 valence electrons. The van der Waals surface area contributed by atoms with Crippen LogP contribution in [0.4, 0.5) is 5.69 Å². The summed E-state index contributed by atoms with van der Waals surface area (Å²) in [6.45, 7) is 2.88. The van der Waals surface area contributed by atoms with Gasteiger partial charge in [-0.15, -0.1) is 0 Å².